The summed E-state index contributed by atoms with van der Waals surface area (Å²) in [4.78, 5) is 21.0. The third kappa shape index (κ3) is 5.15. The molecule has 11 heteroatoms. The molecular formula is C20H20F6N4O. The normalized spacial score (nSPS) is 16.5. The molecular weight excluding hydrogens is 426 g/mol. The van der Waals surface area contributed by atoms with Crippen molar-refractivity contribution < 1.29 is 31.1 Å². The molecule has 0 radical (unpaired) electrons. The molecule has 2 N–H and O–H groups in total. The molecule has 1 aromatic heterocycles. The number of amides is 1. The smallest absolute Gasteiger partial charge is 0.339 e. The van der Waals surface area contributed by atoms with E-state index in [1.807, 2.05) is 0 Å². The first-order chi connectivity index (χ1) is 14.5. The largest absolute Gasteiger partial charge is 0.434 e. The zero-order chi connectivity index (χ0) is 22.9. The second-order valence-electron chi connectivity index (χ2n) is 7.53. The molecule has 2 aromatic rings. The van der Waals surface area contributed by atoms with Crippen LogP contribution in [0.25, 0.3) is 0 Å². The summed E-state index contributed by atoms with van der Waals surface area (Å²) in [5.74, 6) is -4.47. The standard InChI is InChI=1S/C20H20F6N4O/c1-10-28-9-13(18(29-10)20(24,25)26)19(31)30-4-2-11(3-5-30)17(27)7-12-6-15(22)16(23)8-14(12)21/h6,8-9,11,17H,2-5,7,27H2,1H3/t17-/m1/s1. The Bertz CT molecular complexity index is 973. The number of likely N-dealkylation sites (tertiary alicyclic amines) is 1. The van der Waals surface area contributed by atoms with Gasteiger partial charge >= 0.3 is 6.18 Å². The van der Waals surface area contributed by atoms with Crippen molar-refractivity contribution in [1.29, 1.82) is 0 Å². The Morgan fingerprint density at radius 1 is 1.16 bits per heavy atom. The molecule has 1 saturated heterocycles. The number of aryl methyl sites for hydroxylation is 1. The second kappa shape index (κ2) is 8.81. The predicted octanol–water partition coefficient (Wildman–Crippen LogP) is 3.64. The van der Waals surface area contributed by atoms with Crippen molar-refractivity contribution in [1.82, 2.24) is 14.9 Å². The highest BCUT2D eigenvalue weighted by Gasteiger charge is 2.39. The van der Waals surface area contributed by atoms with Crippen molar-refractivity contribution in [2.45, 2.75) is 38.4 Å². The Morgan fingerprint density at radius 3 is 2.39 bits per heavy atom. The van der Waals surface area contributed by atoms with E-state index >= 15 is 0 Å². The van der Waals surface area contributed by atoms with Crippen LogP contribution in [0.4, 0.5) is 26.3 Å². The Kier molecular flexibility index (Phi) is 6.54. The van der Waals surface area contributed by atoms with Gasteiger partial charge in [-0.3, -0.25) is 4.79 Å². The van der Waals surface area contributed by atoms with E-state index < -0.39 is 46.8 Å². The van der Waals surface area contributed by atoms with Crippen molar-refractivity contribution in [2.75, 3.05) is 13.1 Å². The predicted molar refractivity (Wildman–Crippen MR) is 98.4 cm³/mol. The van der Waals surface area contributed by atoms with E-state index in [1.165, 1.54) is 11.8 Å². The Labute approximate surface area is 174 Å². The van der Waals surface area contributed by atoms with Crippen LogP contribution in [0.5, 0.6) is 0 Å². The number of rotatable bonds is 4. The summed E-state index contributed by atoms with van der Waals surface area (Å²) < 4.78 is 80.1. The molecule has 0 unspecified atom stereocenters. The lowest BCUT2D eigenvalue weighted by molar-refractivity contribution is -0.141. The van der Waals surface area contributed by atoms with Gasteiger partial charge in [-0.15, -0.1) is 0 Å². The Morgan fingerprint density at radius 2 is 1.77 bits per heavy atom. The number of carbonyl (C=O) groups excluding carboxylic acids is 1. The molecule has 0 spiro atoms. The zero-order valence-corrected chi connectivity index (χ0v) is 16.5. The lowest BCUT2D eigenvalue weighted by Crippen LogP contribution is -2.44. The number of carbonyl (C=O) groups is 1. The highest BCUT2D eigenvalue weighted by molar-refractivity contribution is 5.95. The van der Waals surface area contributed by atoms with Crippen LogP contribution >= 0.6 is 0 Å². The lowest BCUT2D eigenvalue weighted by atomic mass is 9.86. The number of nitrogens with zero attached hydrogens (tertiary/aromatic N) is 3. The minimum Gasteiger partial charge on any atom is -0.339 e. The quantitative estimate of drug-likeness (QED) is 0.575. The lowest BCUT2D eigenvalue weighted by Gasteiger charge is -2.35. The van der Waals surface area contributed by atoms with E-state index in [1.54, 1.807) is 0 Å². The summed E-state index contributed by atoms with van der Waals surface area (Å²) in [6.07, 6.45) is -3.23. The number of hydrogen-bond acceptors (Lipinski definition) is 4. The summed E-state index contributed by atoms with van der Waals surface area (Å²) in [5.41, 5.74) is 4.15. The molecule has 168 valence electrons. The molecule has 0 saturated carbocycles. The van der Waals surface area contributed by atoms with Crippen molar-refractivity contribution in [3.63, 3.8) is 0 Å². The number of halogens is 6. The maximum atomic E-state index is 13.9. The molecule has 1 aliphatic heterocycles. The van der Waals surface area contributed by atoms with E-state index in [0.29, 0.717) is 18.9 Å². The fourth-order valence-electron chi connectivity index (χ4n) is 3.68. The maximum Gasteiger partial charge on any atom is 0.434 e. The van der Waals surface area contributed by atoms with Gasteiger partial charge in [0, 0.05) is 31.4 Å². The molecule has 0 bridgehead atoms. The van der Waals surface area contributed by atoms with Gasteiger partial charge in [-0.05, 0) is 43.7 Å². The van der Waals surface area contributed by atoms with Crippen molar-refractivity contribution in [3.8, 4) is 0 Å². The molecule has 0 aliphatic carbocycles. The van der Waals surface area contributed by atoms with Crippen LogP contribution in [-0.4, -0.2) is 39.9 Å². The van der Waals surface area contributed by atoms with E-state index in [0.717, 1.165) is 12.3 Å². The monoisotopic (exact) mass is 446 g/mol. The molecule has 1 aromatic carbocycles. The second-order valence-corrected chi connectivity index (χ2v) is 7.53. The third-order valence-electron chi connectivity index (χ3n) is 5.39. The highest BCUT2D eigenvalue weighted by atomic mass is 19.4. The summed E-state index contributed by atoms with van der Waals surface area (Å²) in [7, 11) is 0. The topological polar surface area (TPSA) is 72.1 Å². The molecule has 31 heavy (non-hydrogen) atoms. The molecule has 1 amide bonds. The molecule has 1 aliphatic rings. The van der Waals surface area contributed by atoms with Gasteiger partial charge in [0.1, 0.15) is 11.6 Å². The van der Waals surface area contributed by atoms with Gasteiger partial charge in [0.25, 0.3) is 5.91 Å². The highest BCUT2D eigenvalue weighted by Crippen LogP contribution is 2.32. The third-order valence-corrected chi connectivity index (χ3v) is 5.39. The fraction of sp³-hybridized carbons (Fsp3) is 0.450. The minimum atomic E-state index is -4.80. The van der Waals surface area contributed by atoms with Crippen LogP contribution in [0.15, 0.2) is 18.3 Å². The molecule has 1 fully saturated rings. The maximum absolute atomic E-state index is 13.9. The molecule has 5 nitrogen and oxygen atoms in total. The van der Waals surface area contributed by atoms with Crippen molar-refractivity contribution >= 4 is 5.91 Å². The van der Waals surface area contributed by atoms with Crippen molar-refractivity contribution in [3.05, 3.63) is 58.4 Å². The molecule has 3 rings (SSSR count). The summed E-state index contributed by atoms with van der Waals surface area (Å²) in [5, 5.41) is 0. The first-order valence-electron chi connectivity index (χ1n) is 9.56. The van der Waals surface area contributed by atoms with Gasteiger partial charge in [0.05, 0.1) is 5.56 Å². The first-order valence-corrected chi connectivity index (χ1v) is 9.56. The number of alkyl halides is 3. The van der Waals surface area contributed by atoms with Crippen LogP contribution in [0.3, 0.4) is 0 Å². The summed E-state index contributed by atoms with van der Waals surface area (Å²) >= 11 is 0. The SMILES string of the molecule is Cc1ncc(C(=O)N2CCC([C@H](N)Cc3cc(F)c(F)cc3F)CC2)c(C(F)(F)F)n1. The van der Waals surface area contributed by atoms with Crippen LogP contribution in [0.2, 0.25) is 0 Å². The minimum absolute atomic E-state index is 0.0360. The van der Waals surface area contributed by atoms with Gasteiger partial charge in [0.15, 0.2) is 17.3 Å². The fourth-order valence-corrected chi connectivity index (χ4v) is 3.68. The summed E-state index contributed by atoms with van der Waals surface area (Å²) in [6.45, 7) is 1.58. The molecule has 2 heterocycles. The van der Waals surface area contributed by atoms with Crippen LogP contribution in [0.1, 0.15) is 40.3 Å². The van der Waals surface area contributed by atoms with Gasteiger partial charge in [-0.2, -0.15) is 13.2 Å². The number of aromatic nitrogens is 2. The first kappa shape index (κ1) is 23.0. The summed E-state index contributed by atoms with van der Waals surface area (Å²) in [6, 6.07) is 0.629. The zero-order valence-electron chi connectivity index (χ0n) is 16.5. The van der Waals surface area contributed by atoms with Gasteiger partial charge in [-0.25, -0.2) is 23.1 Å². The number of piperidine rings is 1. The Balaban J connectivity index is 1.66. The van der Waals surface area contributed by atoms with E-state index in [4.69, 9.17) is 5.73 Å². The Hall–Kier alpha value is -2.69. The average Bonchev–Trinajstić information content (AvgIpc) is 2.71. The van der Waals surface area contributed by atoms with Gasteiger partial charge in [-0.1, -0.05) is 0 Å². The van der Waals surface area contributed by atoms with Crippen LogP contribution in [0, 0.1) is 30.3 Å². The van der Waals surface area contributed by atoms with E-state index in [9.17, 15) is 31.1 Å². The van der Waals surface area contributed by atoms with E-state index in [2.05, 4.69) is 9.97 Å². The number of hydrogen-bond donors (Lipinski definition) is 1. The van der Waals surface area contributed by atoms with Crippen molar-refractivity contribution in [2.24, 2.45) is 11.7 Å². The van der Waals surface area contributed by atoms with Crippen LogP contribution < -0.4 is 5.73 Å². The number of benzene rings is 1. The van der Waals surface area contributed by atoms with E-state index in [-0.39, 0.29) is 36.8 Å². The molecule has 1 atom stereocenters. The van der Waals surface area contributed by atoms with Gasteiger partial charge in [0.2, 0.25) is 0 Å². The van der Waals surface area contributed by atoms with Crippen LogP contribution in [-0.2, 0) is 12.6 Å². The number of nitrogens with two attached hydrogens (primary N) is 1. The van der Waals surface area contributed by atoms with Gasteiger partial charge < -0.3 is 10.6 Å². The average molecular weight is 446 g/mol.